The van der Waals surface area contributed by atoms with Gasteiger partial charge in [-0.1, -0.05) is 25.1 Å². The van der Waals surface area contributed by atoms with Gasteiger partial charge in [-0.15, -0.1) is 6.58 Å². The van der Waals surface area contributed by atoms with Gasteiger partial charge in [-0.2, -0.15) is 0 Å². The highest BCUT2D eigenvalue weighted by Gasteiger charge is 2.47. The second-order valence-corrected chi connectivity index (χ2v) is 5.92. The molecule has 2 rings (SSSR count). The molecular formula is C16H22O2. The molecule has 0 amide bonds. The summed E-state index contributed by atoms with van der Waals surface area (Å²) < 4.78 is 5.62. The predicted molar refractivity (Wildman–Crippen MR) is 73.8 cm³/mol. The van der Waals surface area contributed by atoms with E-state index >= 15 is 0 Å². The molecule has 0 aliphatic carbocycles. The Hall–Kier alpha value is -1.28. The highest BCUT2D eigenvalue weighted by atomic mass is 16.6. The summed E-state index contributed by atoms with van der Waals surface area (Å²) in [5.74, 6) is 0.303. The quantitative estimate of drug-likeness (QED) is 0.633. The molecule has 0 spiro atoms. The first-order valence-electron chi connectivity index (χ1n) is 6.48. The first-order chi connectivity index (χ1) is 8.37. The molecule has 0 saturated carbocycles. The molecule has 1 aliphatic heterocycles. The molecule has 98 valence electrons. The zero-order valence-electron chi connectivity index (χ0n) is 11.4. The van der Waals surface area contributed by atoms with E-state index in [9.17, 15) is 5.11 Å². The van der Waals surface area contributed by atoms with Crippen LogP contribution in [0.25, 0.3) is 0 Å². The maximum Gasteiger partial charge on any atom is 0.115 e. The van der Waals surface area contributed by atoms with Gasteiger partial charge in [0.15, 0.2) is 0 Å². The number of phenols is 1. The lowest BCUT2D eigenvalue weighted by Gasteiger charge is -2.26. The Kier molecular flexibility index (Phi) is 3.24. The molecule has 2 atom stereocenters. The van der Waals surface area contributed by atoms with E-state index < -0.39 is 0 Å². The van der Waals surface area contributed by atoms with Crippen molar-refractivity contribution in [3.05, 3.63) is 42.5 Å². The van der Waals surface area contributed by atoms with Gasteiger partial charge in [0.1, 0.15) is 5.75 Å². The summed E-state index contributed by atoms with van der Waals surface area (Å²) in [5.41, 5.74) is 1.18. The monoisotopic (exact) mass is 246 g/mol. The molecule has 2 heteroatoms. The van der Waals surface area contributed by atoms with Crippen molar-refractivity contribution in [3.8, 4) is 5.75 Å². The molecule has 0 unspecified atom stereocenters. The molecule has 1 aliphatic rings. The zero-order valence-corrected chi connectivity index (χ0v) is 11.4. The Morgan fingerprint density at radius 3 is 2.39 bits per heavy atom. The van der Waals surface area contributed by atoms with Crippen LogP contribution in [0.3, 0.4) is 0 Å². The Labute approximate surface area is 109 Å². The summed E-state index contributed by atoms with van der Waals surface area (Å²) >= 11 is 0. The molecule has 0 radical (unpaired) electrons. The van der Waals surface area contributed by atoms with Crippen molar-refractivity contribution < 1.29 is 9.84 Å². The van der Waals surface area contributed by atoms with Gasteiger partial charge in [-0.05, 0) is 44.4 Å². The van der Waals surface area contributed by atoms with E-state index in [1.54, 1.807) is 12.1 Å². The number of epoxide rings is 1. The number of aromatic hydroxyl groups is 1. The lowest BCUT2D eigenvalue weighted by Crippen LogP contribution is -2.20. The number of hydrogen-bond donors (Lipinski definition) is 1. The van der Waals surface area contributed by atoms with Gasteiger partial charge in [0.25, 0.3) is 0 Å². The van der Waals surface area contributed by atoms with Crippen molar-refractivity contribution in [2.24, 2.45) is 0 Å². The number of hydrogen-bond acceptors (Lipinski definition) is 2. The zero-order chi connectivity index (χ0) is 13.4. The van der Waals surface area contributed by atoms with E-state index in [0.29, 0.717) is 11.9 Å². The first-order valence-corrected chi connectivity index (χ1v) is 6.48. The lowest BCUT2D eigenvalue weighted by atomic mass is 9.78. The van der Waals surface area contributed by atoms with Crippen LogP contribution in [0.5, 0.6) is 5.75 Å². The van der Waals surface area contributed by atoms with E-state index in [2.05, 4.69) is 27.4 Å². The van der Waals surface area contributed by atoms with Crippen molar-refractivity contribution in [1.82, 2.24) is 0 Å². The Bertz CT molecular complexity index is 433. The fourth-order valence-corrected chi connectivity index (χ4v) is 2.38. The first kappa shape index (κ1) is 13.2. The number of ether oxygens (including phenoxy) is 1. The SMILES string of the molecule is C=C[C@@](C)(CC[C@H]1OC1(C)C)c1ccc(O)cc1. The van der Waals surface area contributed by atoms with E-state index in [-0.39, 0.29) is 11.0 Å². The van der Waals surface area contributed by atoms with Crippen molar-refractivity contribution in [3.63, 3.8) is 0 Å². The Morgan fingerprint density at radius 1 is 1.39 bits per heavy atom. The van der Waals surface area contributed by atoms with Crippen LogP contribution in [-0.2, 0) is 10.2 Å². The minimum atomic E-state index is -0.0598. The van der Waals surface area contributed by atoms with Gasteiger partial charge >= 0.3 is 0 Å². The van der Waals surface area contributed by atoms with Gasteiger partial charge in [0, 0.05) is 5.41 Å². The summed E-state index contributed by atoms with van der Waals surface area (Å²) in [4.78, 5) is 0. The summed E-state index contributed by atoms with van der Waals surface area (Å²) in [6.45, 7) is 10.4. The Morgan fingerprint density at radius 2 is 1.94 bits per heavy atom. The third-order valence-electron chi connectivity index (χ3n) is 4.07. The third kappa shape index (κ3) is 2.59. The van der Waals surface area contributed by atoms with Gasteiger partial charge < -0.3 is 9.84 Å². The number of rotatable bonds is 5. The second-order valence-electron chi connectivity index (χ2n) is 5.92. The Balaban J connectivity index is 2.05. The van der Waals surface area contributed by atoms with E-state index in [1.807, 2.05) is 18.2 Å². The standard InChI is InChI=1S/C16H22O2/c1-5-16(4,11-10-14-15(2,3)18-14)12-6-8-13(17)9-7-12/h5-9,14,17H,1,10-11H2,2-4H3/t14-,16+/m1/s1. The molecule has 1 N–H and O–H groups in total. The highest BCUT2D eigenvalue weighted by Crippen LogP contribution is 2.41. The van der Waals surface area contributed by atoms with Gasteiger partial charge in [-0.25, -0.2) is 0 Å². The average molecular weight is 246 g/mol. The van der Waals surface area contributed by atoms with Gasteiger partial charge in [-0.3, -0.25) is 0 Å². The van der Waals surface area contributed by atoms with Crippen LogP contribution in [0.1, 0.15) is 39.2 Å². The van der Waals surface area contributed by atoms with Crippen LogP contribution >= 0.6 is 0 Å². The van der Waals surface area contributed by atoms with Crippen LogP contribution in [0.4, 0.5) is 0 Å². The second kappa shape index (κ2) is 4.43. The molecule has 1 aromatic carbocycles. The largest absolute Gasteiger partial charge is 0.508 e. The van der Waals surface area contributed by atoms with Crippen LogP contribution in [0, 0.1) is 0 Å². The number of allylic oxidation sites excluding steroid dienone is 1. The van der Waals surface area contributed by atoms with Crippen molar-refractivity contribution in [2.45, 2.75) is 50.7 Å². The number of phenolic OH excluding ortho intramolecular Hbond substituents is 1. The number of benzene rings is 1. The minimum absolute atomic E-state index is 0.0526. The molecule has 1 saturated heterocycles. The van der Waals surface area contributed by atoms with Crippen LogP contribution in [0.2, 0.25) is 0 Å². The van der Waals surface area contributed by atoms with Gasteiger partial charge in [0.2, 0.25) is 0 Å². The molecule has 18 heavy (non-hydrogen) atoms. The van der Waals surface area contributed by atoms with Crippen LogP contribution in [0.15, 0.2) is 36.9 Å². The highest BCUT2D eigenvalue weighted by molar-refractivity contribution is 5.34. The van der Waals surface area contributed by atoms with Crippen LogP contribution < -0.4 is 0 Å². The average Bonchev–Trinajstić information content (AvgIpc) is 2.95. The predicted octanol–water partition coefficient (Wildman–Crippen LogP) is 3.79. The molecule has 1 aromatic rings. The summed E-state index contributed by atoms with van der Waals surface area (Å²) in [6, 6.07) is 7.40. The topological polar surface area (TPSA) is 32.8 Å². The maximum absolute atomic E-state index is 9.35. The van der Waals surface area contributed by atoms with Crippen molar-refractivity contribution in [1.29, 1.82) is 0 Å². The molecular weight excluding hydrogens is 224 g/mol. The molecule has 0 bridgehead atoms. The fourth-order valence-electron chi connectivity index (χ4n) is 2.38. The summed E-state index contributed by atoms with van der Waals surface area (Å²) in [6.07, 6.45) is 4.41. The van der Waals surface area contributed by atoms with Crippen LogP contribution in [-0.4, -0.2) is 16.8 Å². The van der Waals surface area contributed by atoms with Gasteiger partial charge in [0.05, 0.1) is 11.7 Å². The maximum atomic E-state index is 9.35. The summed E-state index contributed by atoms with van der Waals surface area (Å²) in [5, 5.41) is 9.35. The molecule has 2 nitrogen and oxygen atoms in total. The molecule has 1 fully saturated rings. The smallest absolute Gasteiger partial charge is 0.115 e. The third-order valence-corrected chi connectivity index (χ3v) is 4.07. The normalized spacial score (nSPS) is 24.3. The van der Waals surface area contributed by atoms with E-state index in [0.717, 1.165) is 12.8 Å². The summed E-state index contributed by atoms with van der Waals surface area (Å²) in [7, 11) is 0. The molecule has 1 heterocycles. The molecule has 0 aromatic heterocycles. The van der Waals surface area contributed by atoms with Crippen molar-refractivity contribution in [2.75, 3.05) is 0 Å². The van der Waals surface area contributed by atoms with Crippen molar-refractivity contribution >= 4 is 0 Å². The lowest BCUT2D eigenvalue weighted by molar-refractivity contribution is 0.314. The minimum Gasteiger partial charge on any atom is -0.508 e. The fraction of sp³-hybridized carbons (Fsp3) is 0.500. The van der Waals surface area contributed by atoms with E-state index in [4.69, 9.17) is 4.74 Å². The van der Waals surface area contributed by atoms with E-state index in [1.165, 1.54) is 5.56 Å².